The molecule has 6 aliphatic rings. The van der Waals surface area contributed by atoms with Gasteiger partial charge in [-0.1, -0.05) is 124 Å². The number of carbonyl (C=O) groups is 1. The van der Waals surface area contributed by atoms with E-state index in [1.165, 1.54) is 68.5 Å². The van der Waals surface area contributed by atoms with Gasteiger partial charge in [-0.25, -0.2) is 0 Å². The number of rotatable bonds is 11. The van der Waals surface area contributed by atoms with Crippen LogP contribution < -0.4 is 31.9 Å². The summed E-state index contributed by atoms with van der Waals surface area (Å²) in [7, 11) is 4.30. The van der Waals surface area contributed by atoms with E-state index in [4.69, 9.17) is 16.6 Å². The highest BCUT2D eigenvalue weighted by Crippen LogP contribution is 2.39. The van der Waals surface area contributed by atoms with Crippen LogP contribution in [0.3, 0.4) is 0 Å². The molecular formula is C72H122ClF3N12O. The number of fused-ring (bicyclic) bond motifs is 2. The van der Waals surface area contributed by atoms with Gasteiger partial charge in [-0.3, -0.25) is 14.7 Å². The second-order valence-corrected chi connectivity index (χ2v) is 30.4. The van der Waals surface area contributed by atoms with E-state index in [1.807, 2.05) is 24.7 Å². The van der Waals surface area contributed by atoms with Gasteiger partial charge in [0.05, 0.1) is 16.5 Å². The first kappa shape index (κ1) is 72.8. The largest absolute Gasteiger partial charge is 0.417 e. The fraction of sp³-hybridized carbons (Fsp3) is 0.778. The summed E-state index contributed by atoms with van der Waals surface area (Å²) >= 11 is 6.20. The summed E-state index contributed by atoms with van der Waals surface area (Å²) in [6.45, 7) is 35.8. The monoisotopic (exact) mass is 1260 g/mol. The highest BCUT2D eigenvalue weighted by atomic mass is 35.5. The van der Waals surface area contributed by atoms with Crippen LogP contribution in [0, 0.1) is 35.0 Å². The molecule has 2 saturated carbocycles. The quantitative estimate of drug-likeness (QED) is 0.127. The Bertz CT molecular complexity index is 2500. The number of benzene rings is 1. The van der Waals surface area contributed by atoms with Gasteiger partial charge in [0, 0.05) is 169 Å². The van der Waals surface area contributed by atoms with Gasteiger partial charge in [0.1, 0.15) is 0 Å². The molecule has 6 N–H and O–H groups in total. The van der Waals surface area contributed by atoms with Crippen LogP contribution in [0.4, 0.5) is 13.2 Å². The number of aliphatic imine (C=N–C) groups is 1. The maximum absolute atomic E-state index is 14.7. The van der Waals surface area contributed by atoms with Gasteiger partial charge in [0.2, 0.25) is 5.91 Å². The predicted molar refractivity (Wildman–Crippen MR) is 366 cm³/mol. The second-order valence-electron chi connectivity index (χ2n) is 29.9. The highest BCUT2D eigenvalue weighted by Gasteiger charge is 2.51. The van der Waals surface area contributed by atoms with Crippen LogP contribution >= 0.6 is 11.6 Å². The maximum atomic E-state index is 14.7. The molecule has 1 spiro atoms. The predicted octanol–water partition coefficient (Wildman–Crippen LogP) is 13.2. The summed E-state index contributed by atoms with van der Waals surface area (Å²) in [6, 6.07) is 5.84. The Hall–Kier alpha value is -3.64. The maximum Gasteiger partial charge on any atom is 0.417 e. The first-order valence-corrected chi connectivity index (χ1v) is 35.5. The Morgan fingerprint density at radius 3 is 2.27 bits per heavy atom. The number of hydrogen-bond donors (Lipinski definition) is 6. The molecule has 0 radical (unpaired) electrons. The molecule has 13 nitrogen and oxygen atoms in total. The van der Waals surface area contributed by atoms with Gasteiger partial charge in [-0.05, 0) is 145 Å². The number of amides is 1. The van der Waals surface area contributed by atoms with Crippen LogP contribution in [0.25, 0.3) is 0 Å². The molecule has 2 aliphatic carbocycles. The lowest BCUT2D eigenvalue weighted by atomic mass is 9.80. The van der Waals surface area contributed by atoms with Crippen LogP contribution in [-0.4, -0.2) is 163 Å². The van der Waals surface area contributed by atoms with Crippen molar-refractivity contribution in [2.45, 2.75) is 252 Å². The first-order valence-electron chi connectivity index (χ1n) is 35.1. The Labute approximate surface area is 543 Å². The zero-order valence-corrected chi connectivity index (χ0v) is 58.4. The topological polar surface area (TPSA) is 118 Å². The smallest absolute Gasteiger partial charge is 0.390 e. The number of carbonyl (C=O) groups excluding carboxylic acids is 1. The third kappa shape index (κ3) is 21.2. The van der Waals surface area contributed by atoms with Crippen molar-refractivity contribution >= 4 is 23.2 Å². The number of halogens is 4. The molecule has 4 unspecified atom stereocenters. The lowest BCUT2D eigenvalue weighted by Gasteiger charge is -2.55. The summed E-state index contributed by atoms with van der Waals surface area (Å²) in [4.78, 5) is 31.7. The fourth-order valence-electron chi connectivity index (χ4n) is 15.6. The molecule has 89 heavy (non-hydrogen) atoms. The fourth-order valence-corrected chi connectivity index (χ4v) is 15.9. The molecule has 0 aromatic heterocycles. The minimum atomic E-state index is -4.52. The van der Waals surface area contributed by atoms with Crippen molar-refractivity contribution in [3.8, 4) is 0 Å². The average molecular weight is 1260 g/mol. The van der Waals surface area contributed by atoms with Gasteiger partial charge in [0.15, 0.2) is 0 Å². The van der Waals surface area contributed by atoms with Crippen molar-refractivity contribution in [2.75, 3.05) is 73.0 Å². The van der Waals surface area contributed by atoms with Gasteiger partial charge in [-0.15, -0.1) is 0 Å². The van der Waals surface area contributed by atoms with Crippen molar-refractivity contribution in [3.05, 3.63) is 82.8 Å². The van der Waals surface area contributed by atoms with Crippen molar-refractivity contribution < 1.29 is 18.0 Å². The zero-order chi connectivity index (χ0) is 64.6. The van der Waals surface area contributed by atoms with E-state index in [9.17, 15) is 18.0 Å². The highest BCUT2D eigenvalue weighted by molar-refractivity contribution is 6.31. The molecule has 4 aliphatic heterocycles. The average Bonchev–Trinajstić information content (AvgIpc) is 1.77. The number of nitrogens with one attached hydrogen (secondary N) is 6. The Morgan fingerprint density at radius 1 is 0.865 bits per heavy atom. The molecule has 7 rings (SSSR count). The standard InChI is InChI=1S/C72H122ClF3N12O/c1-15-52(6)66-43-81-65(40-50(2)3)54(8)80-44-67-62(69(89)86-38-32-70(11,12)49-86)47-88(67)68(51(4)5)55(9)83-71(30-19-20-31-71)48-78-35-34-77-33-29-59(27-25-58-26-28-63(64(73)42-58)72(74,75)76)79-36-39-84(13)45-61(41-57-22-17-16-18-23-57)85(14)46-60-24-21-37-87(60)56(10)53(7)82-66/h26,28-29,33,36,39,42,45-46,50-57,62,65-68,77-78,80-83H,15-25,27,30-32,34-35,37-38,40-41,43-44,47-49H2,1-14H3/t52-,53?,54?,55?,56-,62-,65-,66+,67?,68-/m0/s1. The molecule has 504 valence electrons. The van der Waals surface area contributed by atoms with E-state index in [1.54, 1.807) is 0 Å². The Morgan fingerprint density at radius 2 is 1.61 bits per heavy atom. The molecule has 1 aromatic rings. The summed E-state index contributed by atoms with van der Waals surface area (Å²) < 4.78 is 41.0. The minimum absolute atomic E-state index is 0.0357. The number of nitrogens with zero attached hydrogens (tertiary/aromatic N) is 6. The lowest BCUT2D eigenvalue weighted by molar-refractivity contribution is -0.149. The molecule has 1 amide bonds. The number of allylic oxidation sites excluding steroid dienone is 3. The van der Waals surface area contributed by atoms with Gasteiger partial charge < -0.3 is 51.5 Å². The van der Waals surface area contributed by atoms with Gasteiger partial charge in [-0.2, -0.15) is 13.2 Å². The molecule has 4 heterocycles. The number of aryl methyl sites for hydroxylation is 1. The van der Waals surface area contributed by atoms with Crippen molar-refractivity contribution in [1.82, 2.24) is 56.4 Å². The van der Waals surface area contributed by atoms with E-state index < -0.39 is 11.7 Å². The van der Waals surface area contributed by atoms with Crippen LogP contribution in [0.2, 0.25) is 5.02 Å². The third-order valence-electron chi connectivity index (χ3n) is 21.3. The van der Waals surface area contributed by atoms with E-state index >= 15 is 0 Å². The van der Waals surface area contributed by atoms with Crippen molar-refractivity contribution in [2.24, 2.45) is 40.0 Å². The molecular weight excluding hydrogens is 1140 g/mol. The minimum Gasteiger partial charge on any atom is -0.390 e. The van der Waals surface area contributed by atoms with Crippen LogP contribution in [0.5, 0.6) is 0 Å². The van der Waals surface area contributed by atoms with Gasteiger partial charge >= 0.3 is 6.18 Å². The number of alkyl halides is 3. The van der Waals surface area contributed by atoms with E-state index in [2.05, 4.69) is 166 Å². The zero-order valence-electron chi connectivity index (χ0n) is 57.7. The summed E-state index contributed by atoms with van der Waals surface area (Å²) in [5.41, 5.74) is 3.46. The van der Waals surface area contributed by atoms with Crippen LogP contribution in [0.1, 0.15) is 197 Å². The van der Waals surface area contributed by atoms with E-state index in [-0.39, 0.29) is 70.2 Å². The summed E-state index contributed by atoms with van der Waals surface area (Å²) in [5.74, 6) is 2.30. The molecule has 1 aromatic carbocycles. The number of likely N-dealkylation sites (tertiary alicyclic amines) is 1. The second kappa shape index (κ2) is 34.0. The van der Waals surface area contributed by atoms with Crippen LogP contribution in [-0.2, 0) is 17.4 Å². The molecule has 3 saturated heterocycles. The van der Waals surface area contributed by atoms with E-state index in [0.29, 0.717) is 49.0 Å². The normalized spacial score (nSPS) is 29.7. The molecule has 17 heteroatoms. The third-order valence-corrected chi connectivity index (χ3v) is 21.6. The van der Waals surface area contributed by atoms with Crippen molar-refractivity contribution in [1.29, 1.82) is 0 Å². The van der Waals surface area contributed by atoms with Gasteiger partial charge in [0.25, 0.3) is 0 Å². The number of hydrogen-bond acceptors (Lipinski definition) is 12. The molecule has 0 bridgehead atoms. The lowest BCUT2D eigenvalue weighted by Crippen LogP contribution is -2.72. The molecule has 5 fully saturated rings. The van der Waals surface area contributed by atoms with Crippen LogP contribution in [0.15, 0.2) is 71.7 Å². The Balaban J connectivity index is 1.18. The Kier molecular flexibility index (Phi) is 27.8. The SMILES string of the molecule is CC[C@H](C)[C@H]1CN[C@@H](CC(C)C)C(C)NCC2[C@@H](C(=O)N3CCC(C)(C)C3)CN2[C@@H](C(C)C)C(C)NC2(CCCC2)CNCCNC=CC(CCc2ccc(C(F)(F)F)c(Cl)c2)=NC=CN(C)C=C(CC2CCCCC2)N(C)C=C2CCCN2[C@@H](C)C(C)N1. The van der Waals surface area contributed by atoms with Crippen molar-refractivity contribution in [3.63, 3.8) is 0 Å². The summed E-state index contributed by atoms with van der Waals surface area (Å²) in [5, 5.41) is 23.9. The molecule has 10 atom stereocenters. The van der Waals surface area contributed by atoms with E-state index in [0.717, 1.165) is 121 Å². The first-order chi connectivity index (χ1) is 42.3. The summed E-state index contributed by atoms with van der Waals surface area (Å²) in [6.07, 6.45) is 26.3.